The van der Waals surface area contributed by atoms with Crippen molar-refractivity contribution in [2.75, 3.05) is 7.05 Å². The molecular weight excluding hydrogens is 249 g/mol. The summed E-state index contributed by atoms with van der Waals surface area (Å²) in [6.45, 7) is 0.649. The van der Waals surface area contributed by atoms with E-state index in [4.69, 9.17) is 0 Å². The Balaban J connectivity index is 2.25. The van der Waals surface area contributed by atoms with Crippen molar-refractivity contribution in [1.82, 2.24) is 5.32 Å². The Hall–Kier alpha value is -2.19. The molecule has 1 nitrogen and oxygen atoms in total. The van der Waals surface area contributed by atoms with E-state index >= 15 is 0 Å². The maximum atomic E-state index is 13.5. The first kappa shape index (κ1) is 12.8. The molecule has 0 amide bonds. The predicted molar refractivity (Wildman–Crippen MR) is 82.1 cm³/mol. The van der Waals surface area contributed by atoms with Gasteiger partial charge in [-0.05, 0) is 46.6 Å². The molecule has 0 aliphatic rings. The van der Waals surface area contributed by atoms with Gasteiger partial charge < -0.3 is 5.32 Å². The summed E-state index contributed by atoms with van der Waals surface area (Å²) in [6, 6.07) is 19.5. The van der Waals surface area contributed by atoms with Crippen LogP contribution in [0.3, 0.4) is 0 Å². The van der Waals surface area contributed by atoms with Crippen molar-refractivity contribution in [2.45, 2.75) is 6.54 Å². The zero-order chi connectivity index (χ0) is 13.9. The number of halogens is 1. The highest BCUT2D eigenvalue weighted by molar-refractivity contribution is 5.97. The molecule has 0 saturated heterocycles. The van der Waals surface area contributed by atoms with Crippen LogP contribution < -0.4 is 5.32 Å². The number of nitrogens with one attached hydrogen (secondary N) is 1. The fourth-order valence-electron chi connectivity index (χ4n) is 2.62. The van der Waals surface area contributed by atoms with Crippen LogP contribution in [-0.4, -0.2) is 7.05 Å². The third-order valence-electron chi connectivity index (χ3n) is 3.51. The third kappa shape index (κ3) is 2.30. The SMILES string of the molecule is CNCc1cc(F)ccc1-c1cccc2ccccc12. The van der Waals surface area contributed by atoms with Crippen molar-refractivity contribution < 1.29 is 4.39 Å². The van der Waals surface area contributed by atoms with Gasteiger partial charge in [-0.1, -0.05) is 48.5 Å². The standard InChI is InChI=1S/C18H16FN/c1-20-12-14-11-15(19)9-10-17(14)18-8-4-6-13-5-2-3-7-16(13)18/h2-11,20H,12H2,1H3. The van der Waals surface area contributed by atoms with Crippen molar-refractivity contribution in [3.63, 3.8) is 0 Å². The monoisotopic (exact) mass is 265 g/mol. The molecule has 100 valence electrons. The minimum atomic E-state index is -0.195. The summed E-state index contributed by atoms with van der Waals surface area (Å²) in [5, 5.41) is 5.50. The number of fused-ring (bicyclic) bond motifs is 1. The van der Waals surface area contributed by atoms with E-state index in [1.165, 1.54) is 16.8 Å². The highest BCUT2D eigenvalue weighted by atomic mass is 19.1. The van der Waals surface area contributed by atoms with E-state index in [1.807, 2.05) is 31.3 Å². The minimum absolute atomic E-state index is 0.195. The topological polar surface area (TPSA) is 12.0 Å². The lowest BCUT2D eigenvalue weighted by atomic mass is 9.94. The molecule has 0 aliphatic carbocycles. The largest absolute Gasteiger partial charge is 0.316 e. The summed E-state index contributed by atoms with van der Waals surface area (Å²) < 4.78 is 13.5. The third-order valence-corrected chi connectivity index (χ3v) is 3.51. The molecule has 0 saturated carbocycles. The van der Waals surface area contributed by atoms with Gasteiger partial charge in [0.25, 0.3) is 0 Å². The van der Waals surface area contributed by atoms with Crippen LogP contribution in [0.15, 0.2) is 60.7 Å². The molecule has 3 rings (SSSR count). The molecule has 2 heteroatoms. The molecule has 0 bridgehead atoms. The fraction of sp³-hybridized carbons (Fsp3) is 0.111. The Kier molecular flexibility index (Phi) is 3.48. The second kappa shape index (κ2) is 5.43. The Morgan fingerprint density at radius 3 is 2.55 bits per heavy atom. The van der Waals surface area contributed by atoms with E-state index in [2.05, 4.69) is 29.6 Å². The highest BCUT2D eigenvalue weighted by Crippen LogP contribution is 2.31. The molecule has 3 aromatic carbocycles. The number of benzene rings is 3. The zero-order valence-electron chi connectivity index (χ0n) is 11.4. The summed E-state index contributed by atoms with van der Waals surface area (Å²) in [6.07, 6.45) is 0. The van der Waals surface area contributed by atoms with E-state index in [9.17, 15) is 4.39 Å². The average molecular weight is 265 g/mol. The molecule has 0 spiro atoms. The maximum Gasteiger partial charge on any atom is 0.123 e. The van der Waals surface area contributed by atoms with Gasteiger partial charge in [-0.25, -0.2) is 4.39 Å². The van der Waals surface area contributed by atoms with E-state index in [-0.39, 0.29) is 5.82 Å². The lowest BCUT2D eigenvalue weighted by Gasteiger charge is -2.12. The van der Waals surface area contributed by atoms with Crippen LogP contribution in [0.4, 0.5) is 4.39 Å². The average Bonchev–Trinajstić information content (AvgIpc) is 2.47. The summed E-state index contributed by atoms with van der Waals surface area (Å²) in [5.74, 6) is -0.195. The molecule has 20 heavy (non-hydrogen) atoms. The Morgan fingerprint density at radius 2 is 1.70 bits per heavy atom. The van der Waals surface area contributed by atoms with Crippen LogP contribution in [-0.2, 0) is 6.54 Å². The Labute approximate surface area is 118 Å². The second-order valence-electron chi connectivity index (χ2n) is 4.86. The predicted octanol–water partition coefficient (Wildman–Crippen LogP) is 4.37. The molecule has 0 heterocycles. The van der Waals surface area contributed by atoms with Crippen molar-refractivity contribution >= 4 is 10.8 Å². The molecule has 0 atom stereocenters. The lowest BCUT2D eigenvalue weighted by molar-refractivity contribution is 0.624. The van der Waals surface area contributed by atoms with Gasteiger partial charge in [0.15, 0.2) is 0 Å². The quantitative estimate of drug-likeness (QED) is 0.741. The normalized spacial score (nSPS) is 10.9. The first-order chi connectivity index (χ1) is 9.79. The van der Waals surface area contributed by atoms with Gasteiger partial charge in [0.05, 0.1) is 0 Å². The molecule has 0 radical (unpaired) electrons. The van der Waals surface area contributed by atoms with Crippen LogP contribution in [0.1, 0.15) is 5.56 Å². The summed E-state index contributed by atoms with van der Waals surface area (Å²) in [7, 11) is 1.87. The van der Waals surface area contributed by atoms with Crippen LogP contribution in [0.25, 0.3) is 21.9 Å². The first-order valence-electron chi connectivity index (χ1n) is 6.71. The number of hydrogen-bond acceptors (Lipinski definition) is 1. The van der Waals surface area contributed by atoms with Gasteiger partial charge in [-0.2, -0.15) is 0 Å². The summed E-state index contributed by atoms with van der Waals surface area (Å²) >= 11 is 0. The number of hydrogen-bond donors (Lipinski definition) is 1. The summed E-state index contributed by atoms with van der Waals surface area (Å²) in [5.41, 5.74) is 3.20. The van der Waals surface area contributed by atoms with E-state index in [1.54, 1.807) is 6.07 Å². The van der Waals surface area contributed by atoms with Crippen molar-refractivity contribution in [3.8, 4) is 11.1 Å². The Morgan fingerprint density at radius 1 is 0.900 bits per heavy atom. The molecule has 0 aromatic heterocycles. The van der Waals surface area contributed by atoms with Gasteiger partial charge in [0.1, 0.15) is 5.82 Å². The Bertz CT molecular complexity index is 744. The summed E-state index contributed by atoms with van der Waals surface area (Å²) in [4.78, 5) is 0. The smallest absolute Gasteiger partial charge is 0.123 e. The van der Waals surface area contributed by atoms with Crippen LogP contribution in [0.2, 0.25) is 0 Å². The van der Waals surface area contributed by atoms with Crippen molar-refractivity contribution in [3.05, 3.63) is 72.0 Å². The molecular formula is C18H16FN. The molecule has 0 aliphatic heterocycles. The van der Waals surface area contributed by atoms with Crippen molar-refractivity contribution in [1.29, 1.82) is 0 Å². The van der Waals surface area contributed by atoms with E-state index < -0.39 is 0 Å². The van der Waals surface area contributed by atoms with Gasteiger partial charge >= 0.3 is 0 Å². The second-order valence-corrected chi connectivity index (χ2v) is 4.86. The maximum absolute atomic E-state index is 13.5. The van der Waals surface area contributed by atoms with E-state index in [0.717, 1.165) is 16.7 Å². The van der Waals surface area contributed by atoms with Gasteiger partial charge in [-0.3, -0.25) is 0 Å². The van der Waals surface area contributed by atoms with Gasteiger partial charge in [0, 0.05) is 6.54 Å². The molecule has 3 aromatic rings. The van der Waals surface area contributed by atoms with Gasteiger partial charge in [-0.15, -0.1) is 0 Å². The molecule has 0 unspecified atom stereocenters. The van der Waals surface area contributed by atoms with Gasteiger partial charge in [0.2, 0.25) is 0 Å². The minimum Gasteiger partial charge on any atom is -0.316 e. The van der Waals surface area contributed by atoms with Crippen molar-refractivity contribution in [2.24, 2.45) is 0 Å². The lowest BCUT2D eigenvalue weighted by Crippen LogP contribution is -2.06. The van der Waals surface area contributed by atoms with Crippen LogP contribution >= 0.6 is 0 Å². The fourth-order valence-corrected chi connectivity index (χ4v) is 2.62. The van der Waals surface area contributed by atoms with Crippen LogP contribution in [0, 0.1) is 5.82 Å². The van der Waals surface area contributed by atoms with E-state index in [0.29, 0.717) is 6.54 Å². The zero-order valence-corrected chi connectivity index (χ0v) is 11.4. The molecule has 0 fully saturated rings. The first-order valence-corrected chi connectivity index (χ1v) is 6.71. The number of rotatable bonds is 3. The van der Waals surface area contributed by atoms with Crippen LogP contribution in [0.5, 0.6) is 0 Å². The highest BCUT2D eigenvalue weighted by Gasteiger charge is 2.09. The molecule has 1 N–H and O–H groups in total.